The molecule has 1 N–H and O–H groups in total. The minimum atomic E-state index is -0.982. The van der Waals surface area contributed by atoms with Crippen LogP contribution in [-0.4, -0.2) is 16.1 Å². The van der Waals surface area contributed by atoms with Gasteiger partial charge in [0.25, 0.3) is 0 Å². The molecule has 134 valence electrons. The second-order valence-electron chi connectivity index (χ2n) is 8.51. The van der Waals surface area contributed by atoms with E-state index < -0.39 is 5.97 Å². The Balaban J connectivity index is 1.34. The molecule has 2 aromatic rings. The van der Waals surface area contributed by atoms with Crippen LogP contribution in [0.25, 0.3) is 0 Å². The van der Waals surface area contributed by atoms with E-state index in [9.17, 15) is 4.79 Å². The molecule has 4 nitrogen and oxygen atoms in total. The lowest BCUT2D eigenvalue weighted by Crippen LogP contribution is -2.48. The highest BCUT2D eigenvalue weighted by Gasteiger charge is 2.51. The van der Waals surface area contributed by atoms with E-state index in [2.05, 4.69) is 17.1 Å². The van der Waals surface area contributed by atoms with Gasteiger partial charge in [0.05, 0.1) is 5.56 Å². The van der Waals surface area contributed by atoms with Gasteiger partial charge < -0.3 is 9.84 Å². The topological polar surface area (TPSA) is 59.4 Å². The molecule has 0 unspecified atom stereocenters. The van der Waals surface area contributed by atoms with Crippen molar-refractivity contribution in [3.8, 4) is 11.6 Å². The van der Waals surface area contributed by atoms with Crippen LogP contribution in [0.4, 0.5) is 0 Å². The molecule has 0 radical (unpaired) electrons. The van der Waals surface area contributed by atoms with E-state index in [1.807, 2.05) is 12.1 Å². The zero-order valence-corrected chi connectivity index (χ0v) is 14.7. The van der Waals surface area contributed by atoms with Crippen molar-refractivity contribution in [2.45, 2.75) is 43.9 Å². The summed E-state index contributed by atoms with van der Waals surface area (Å²) in [7, 11) is 0. The van der Waals surface area contributed by atoms with Crippen LogP contribution >= 0.6 is 0 Å². The molecule has 4 saturated carbocycles. The van der Waals surface area contributed by atoms with Crippen molar-refractivity contribution in [3.05, 3.63) is 53.7 Å². The SMILES string of the molecule is O=C(O)c1ccc(Oc2ccc(C34CC5CC(CC(C5)C3)C4)cc2)nc1. The Labute approximate surface area is 153 Å². The normalized spacial score (nSPS) is 31.8. The Bertz CT molecular complexity index is 790. The first-order chi connectivity index (χ1) is 12.6. The van der Waals surface area contributed by atoms with Crippen LogP contribution < -0.4 is 4.74 Å². The predicted molar refractivity (Wildman–Crippen MR) is 97.6 cm³/mol. The summed E-state index contributed by atoms with van der Waals surface area (Å²) in [5, 5.41) is 8.93. The molecule has 0 aliphatic heterocycles. The lowest BCUT2D eigenvalue weighted by atomic mass is 9.48. The van der Waals surface area contributed by atoms with Gasteiger partial charge in [-0.25, -0.2) is 9.78 Å². The average molecular weight is 349 g/mol. The summed E-state index contributed by atoms with van der Waals surface area (Å²) < 4.78 is 5.78. The fourth-order valence-corrected chi connectivity index (χ4v) is 6.03. The maximum absolute atomic E-state index is 10.9. The van der Waals surface area contributed by atoms with E-state index in [0.29, 0.717) is 11.3 Å². The van der Waals surface area contributed by atoms with E-state index in [1.165, 1.54) is 56.4 Å². The zero-order chi connectivity index (χ0) is 17.7. The maximum atomic E-state index is 10.9. The van der Waals surface area contributed by atoms with Gasteiger partial charge in [0, 0.05) is 12.3 Å². The van der Waals surface area contributed by atoms with Gasteiger partial charge in [0.2, 0.25) is 5.88 Å². The summed E-state index contributed by atoms with van der Waals surface area (Å²) in [6.45, 7) is 0. The van der Waals surface area contributed by atoms with Crippen LogP contribution in [0.1, 0.15) is 54.4 Å². The number of rotatable bonds is 4. The number of carbonyl (C=O) groups is 1. The van der Waals surface area contributed by atoms with E-state index in [-0.39, 0.29) is 5.56 Å². The van der Waals surface area contributed by atoms with Crippen LogP contribution in [0, 0.1) is 17.8 Å². The molecule has 4 fully saturated rings. The number of hydrogen-bond acceptors (Lipinski definition) is 3. The molecule has 0 saturated heterocycles. The quantitative estimate of drug-likeness (QED) is 0.840. The molecule has 1 heterocycles. The van der Waals surface area contributed by atoms with Gasteiger partial charge in [-0.15, -0.1) is 0 Å². The largest absolute Gasteiger partial charge is 0.478 e. The second-order valence-corrected chi connectivity index (χ2v) is 8.51. The average Bonchev–Trinajstić information content (AvgIpc) is 2.61. The number of aromatic nitrogens is 1. The summed E-state index contributed by atoms with van der Waals surface area (Å²) in [5.74, 6) is 2.99. The lowest BCUT2D eigenvalue weighted by molar-refractivity contribution is -0.00520. The van der Waals surface area contributed by atoms with Crippen molar-refractivity contribution >= 4 is 5.97 Å². The van der Waals surface area contributed by atoms with Crippen molar-refractivity contribution < 1.29 is 14.6 Å². The second kappa shape index (κ2) is 5.83. The van der Waals surface area contributed by atoms with Crippen molar-refractivity contribution in [1.29, 1.82) is 0 Å². The third kappa shape index (κ3) is 2.68. The maximum Gasteiger partial charge on any atom is 0.337 e. The monoisotopic (exact) mass is 349 g/mol. The van der Waals surface area contributed by atoms with Crippen LogP contribution in [-0.2, 0) is 5.41 Å². The van der Waals surface area contributed by atoms with Crippen LogP contribution in [0.3, 0.4) is 0 Å². The number of nitrogens with zero attached hydrogens (tertiary/aromatic N) is 1. The Morgan fingerprint density at radius 1 is 0.962 bits per heavy atom. The number of carboxylic acid groups (broad SMARTS) is 1. The summed E-state index contributed by atoms with van der Waals surface area (Å²) in [4.78, 5) is 15.0. The molecular weight excluding hydrogens is 326 g/mol. The standard InChI is InChI=1S/C22H23NO3/c24-21(25)17-1-6-20(23-13-17)26-19-4-2-18(3-5-19)22-10-14-7-15(11-22)9-16(8-14)12-22/h1-6,13-16H,7-12H2,(H,24,25). The zero-order valence-electron chi connectivity index (χ0n) is 14.7. The van der Waals surface area contributed by atoms with E-state index >= 15 is 0 Å². The van der Waals surface area contributed by atoms with E-state index in [0.717, 1.165) is 23.5 Å². The van der Waals surface area contributed by atoms with Gasteiger partial charge in [-0.3, -0.25) is 0 Å². The minimum absolute atomic E-state index is 0.162. The van der Waals surface area contributed by atoms with Crippen molar-refractivity contribution in [3.63, 3.8) is 0 Å². The molecule has 26 heavy (non-hydrogen) atoms. The third-order valence-electron chi connectivity index (χ3n) is 6.71. The molecule has 4 bridgehead atoms. The molecule has 6 rings (SSSR count). The Kier molecular flexibility index (Phi) is 3.56. The highest BCUT2D eigenvalue weighted by molar-refractivity contribution is 5.87. The fourth-order valence-electron chi connectivity index (χ4n) is 6.03. The highest BCUT2D eigenvalue weighted by Crippen LogP contribution is 2.60. The smallest absolute Gasteiger partial charge is 0.337 e. The third-order valence-corrected chi connectivity index (χ3v) is 6.71. The first kappa shape index (κ1) is 15.9. The van der Waals surface area contributed by atoms with Crippen molar-refractivity contribution in [2.75, 3.05) is 0 Å². The van der Waals surface area contributed by atoms with Crippen molar-refractivity contribution in [2.24, 2.45) is 17.8 Å². The van der Waals surface area contributed by atoms with Gasteiger partial charge in [-0.2, -0.15) is 0 Å². The molecule has 4 aliphatic carbocycles. The van der Waals surface area contributed by atoms with E-state index in [4.69, 9.17) is 9.84 Å². The molecule has 4 heteroatoms. The van der Waals surface area contributed by atoms with E-state index in [1.54, 1.807) is 6.07 Å². The highest BCUT2D eigenvalue weighted by atomic mass is 16.5. The number of aromatic carboxylic acids is 1. The van der Waals surface area contributed by atoms with Gasteiger partial charge in [0.15, 0.2) is 0 Å². The van der Waals surface area contributed by atoms with Crippen LogP contribution in [0.2, 0.25) is 0 Å². The number of benzene rings is 1. The summed E-state index contributed by atoms with van der Waals surface area (Å²) in [5.41, 5.74) is 2.03. The van der Waals surface area contributed by atoms with Gasteiger partial charge in [-0.1, -0.05) is 12.1 Å². The predicted octanol–water partition coefficient (Wildman–Crippen LogP) is 5.04. The first-order valence-corrected chi connectivity index (χ1v) is 9.57. The lowest BCUT2D eigenvalue weighted by Gasteiger charge is -2.57. The number of carboxylic acids is 1. The minimum Gasteiger partial charge on any atom is -0.478 e. The Morgan fingerprint density at radius 2 is 1.58 bits per heavy atom. The molecule has 0 amide bonds. The van der Waals surface area contributed by atoms with Crippen molar-refractivity contribution in [1.82, 2.24) is 4.98 Å². The molecular formula is C22H23NO3. The van der Waals surface area contributed by atoms with Gasteiger partial charge in [0.1, 0.15) is 5.75 Å². The molecule has 0 spiro atoms. The van der Waals surface area contributed by atoms with Gasteiger partial charge >= 0.3 is 5.97 Å². The molecule has 1 aromatic carbocycles. The van der Waals surface area contributed by atoms with Gasteiger partial charge in [-0.05, 0) is 85.5 Å². The van der Waals surface area contributed by atoms with Crippen LogP contribution in [0.5, 0.6) is 11.6 Å². The Hall–Kier alpha value is -2.36. The number of hydrogen-bond donors (Lipinski definition) is 1. The molecule has 1 aromatic heterocycles. The number of ether oxygens (including phenoxy) is 1. The number of pyridine rings is 1. The van der Waals surface area contributed by atoms with Crippen LogP contribution in [0.15, 0.2) is 42.6 Å². The molecule has 4 aliphatic rings. The summed E-state index contributed by atoms with van der Waals surface area (Å²) in [6, 6.07) is 11.6. The summed E-state index contributed by atoms with van der Waals surface area (Å²) in [6.07, 6.45) is 9.77. The molecule has 0 atom stereocenters. The fraction of sp³-hybridized carbons (Fsp3) is 0.455. The summed E-state index contributed by atoms with van der Waals surface area (Å²) >= 11 is 0. The first-order valence-electron chi connectivity index (χ1n) is 9.57. The Morgan fingerprint density at radius 3 is 2.08 bits per heavy atom.